The zero-order valence-electron chi connectivity index (χ0n) is 17.8. The van der Waals surface area contributed by atoms with Crippen molar-refractivity contribution in [3.63, 3.8) is 0 Å². The average Bonchev–Trinajstić information content (AvgIpc) is 2.98. The van der Waals surface area contributed by atoms with Gasteiger partial charge in [-0.15, -0.1) is 0 Å². The first-order valence-electron chi connectivity index (χ1n) is 10.8. The zero-order chi connectivity index (χ0) is 19.7. The van der Waals surface area contributed by atoms with E-state index in [9.17, 15) is 0 Å². The van der Waals surface area contributed by atoms with E-state index in [4.69, 9.17) is 0 Å². The molecule has 1 atom stereocenters. The normalized spacial score (nSPS) is 16.7. The van der Waals surface area contributed by atoms with E-state index in [0.29, 0.717) is 6.04 Å². The molecule has 0 saturated heterocycles. The van der Waals surface area contributed by atoms with Gasteiger partial charge in [0.25, 0.3) is 0 Å². The Bertz CT molecular complexity index is 950. The first-order chi connectivity index (χ1) is 13.5. The second-order valence-corrected chi connectivity index (χ2v) is 8.91. The second-order valence-electron chi connectivity index (χ2n) is 8.91. The molecule has 3 nitrogen and oxygen atoms in total. The van der Waals surface area contributed by atoms with E-state index in [1.165, 1.54) is 40.6 Å². The minimum absolute atomic E-state index is 0.607. The molecule has 3 aromatic rings. The molecule has 1 aliphatic heterocycles. The Morgan fingerprint density at radius 1 is 1.18 bits per heavy atom. The van der Waals surface area contributed by atoms with Crippen LogP contribution in [0.3, 0.4) is 0 Å². The van der Waals surface area contributed by atoms with Gasteiger partial charge in [-0.25, -0.2) is 0 Å². The lowest BCUT2D eigenvalue weighted by Crippen LogP contribution is -2.36. The fraction of sp³-hybridized carbons (Fsp3) is 0.480. The van der Waals surface area contributed by atoms with Crippen molar-refractivity contribution in [2.24, 2.45) is 5.92 Å². The van der Waals surface area contributed by atoms with Gasteiger partial charge in [-0.1, -0.05) is 31.5 Å². The summed E-state index contributed by atoms with van der Waals surface area (Å²) in [6, 6.07) is 11.9. The van der Waals surface area contributed by atoms with Crippen LogP contribution < -0.4 is 5.32 Å². The third-order valence-electron chi connectivity index (χ3n) is 6.14. The van der Waals surface area contributed by atoms with Gasteiger partial charge in [-0.05, 0) is 74.8 Å². The summed E-state index contributed by atoms with van der Waals surface area (Å²) in [5.74, 6) is 0.773. The van der Waals surface area contributed by atoms with Gasteiger partial charge in [0.1, 0.15) is 0 Å². The second kappa shape index (κ2) is 8.08. The molecule has 0 radical (unpaired) electrons. The minimum Gasteiger partial charge on any atom is -0.343 e. The molecule has 28 heavy (non-hydrogen) atoms. The molecule has 1 aliphatic rings. The van der Waals surface area contributed by atoms with Gasteiger partial charge >= 0.3 is 0 Å². The van der Waals surface area contributed by atoms with E-state index in [0.717, 1.165) is 37.5 Å². The van der Waals surface area contributed by atoms with E-state index >= 15 is 0 Å². The molecule has 2 aromatic heterocycles. The lowest BCUT2D eigenvalue weighted by molar-refractivity contribution is 0.402. The highest BCUT2D eigenvalue weighted by Crippen LogP contribution is 2.32. The van der Waals surface area contributed by atoms with Crippen molar-refractivity contribution in [3.05, 3.63) is 64.6 Å². The molecule has 3 heterocycles. The highest BCUT2D eigenvalue weighted by molar-refractivity contribution is 5.86. The number of pyridine rings is 1. The van der Waals surface area contributed by atoms with Gasteiger partial charge in [0, 0.05) is 47.6 Å². The summed E-state index contributed by atoms with van der Waals surface area (Å²) in [5.41, 5.74) is 8.20. The number of benzene rings is 1. The zero-order valence-corrected chi connectivity index (χ0v) is 17.8. The molecule has 0 fully saturated rings. The Labute approximate surface area is 169 Å². The molecule has 1 unspecified atom stereocenters. The summed E-state index contributed by atoms with van der Waals surface area (Å²) < 4.78 is 2.55. The number of rotatable bonds is 6. The standard InChI is InChI=1S/C25H33N3/c1-17(2)5-9-21-14-23-22-13-18(3)6-10-24(22)28(25(23)16-27-21)12-11-20-8-7-19(4)26-15-20/h6-8,10,13,15,17,21,27H,5,9,11-12,14,16H2,1-4H3. The van der Waals surface area contributed by atoms with Crippen LogP contribution in [0.4, 0.5) is 0 Å². The van der Waals surface area contributed by atoms with Crippen molar-refractivity contribution in [3.8, 4) is 0 Å². The number of hydrogen-bond donors (Lipinski definition) is 1. The highest BCUT2D eigenvalue weighted by atomic mass is 15.0. The molecule has 148 valence electrons. The van der Waals surface area contributed by atoms with Crippen molar-refractivity contribution in [1.29, 1.82) is 0 Å². The maximum atomic E-state index is 4.46. The van der Waals surface area contributed by atoms with Crippen LogP contribution in [0.15, 0.2) is 36.5 Å². The Morgan fingerprint density at radius 3 is 2.79 bits per heavy atom. The Morgan fingerprint density at radius 2 is 2.04 bits per heavy atom. The van der Waals surface area contributed by atoms with Crippen LogP contribution in [0.5, 0.6) is 0 Å². The van der Waals surface area contributed by atoms with Gasteiger partial charge in [0.05, 0.1) is 0 Å². The Hall–Kier alpha value is -2.13. The number of aryl methyl sites for hydroxylation is 4. The SMILES string of the molecule is Cc1ccc2c(c1)c1c(n2CCc2ccc(C)nc2)CNC(CCC(C)C)C1. The number of nitrogens with zero attached hydrogens (tertiary/aromatic N) is 2. The van der Waals surface area contributed by atoms with Crippen molar-refractivity contribution in [2.75, 3.05) is 0 Å². The lowest BCUT2D eigenvalue weighted by atomic mass is 9.93. The number of nitrogens with one attached hydrogen (secondary N) is 1. The van der Waals surface area contributed by atoms with Crippen LogP contribution in [-0.2, 0) is 25.9 Å². The van der Waals surface area contributed by atoms with Crippen molar-refractivity contribution in [2.45, 2.75) is 72.5 Å². The smallest absolute Gasteiger partial charge is 0.0486 e. The van der Waals surface area contributed by atoms with Crippen molar-refractivity contribution in [1.82, 2.24) is 14.9 Å². The third kappa shape index (κ3) is 4.00. The summed E-state index contributed by atoms with van der Waals surface area (Å²) in [4.78, 5) is 4.46. The predicted octanol–water partition coefficient (Wildman–Crippen LogP) is 5.35. The fourth-order valence-electron chi connectivity index (χ4n) is 4.46. The number of fused-ring (bicyclic) bond motifs is 3. The maximum Gasteiger partial charge on any atom is 0.0486 e. The van der Waals surface area contributed by atoms with E-state index in [1.54, 1.807) is 5.56 Å². The van der Waals surface area contributed by atoms with Crippen LogP contribution in [0.2, 0.25) is 0 Å². The molecule has 1 aromatic carbocycles. The monoisotopic (exact) mass is 375 g/mol. The molecule has 3 heteroatoms. The average molecular weight is 376 g/mol. The maximum absolute atomic E-state index is 4.46. The van der Waals surface area contributed by atoms with Gasteiger partial charge in [-0.3, -0.25) is 4.98 Å². The molecule has 0 saturated carbocycles. The summed E-state index contributed by atoms with van der Waals surface area (Å²) in [5, 5.41) is 5.28. The molecular formula is C25H33N3. The topological polar surface area (TPSA) is 29.9 Å². The minimum atomic E-state index is 0.607. The molecule has 0 bridgehead atoms. The summed E-state index contributed by atoms with van der Waals surface area (Å²) in [6.07, 6.45) is 6.77. The molecule has 4 rings (SSSR count). The van der Waals surface area contributed by atoms with Gasteiger partial charge < -0.3 is 9.88 Å². The molecule has 0 aliphatic carbocycles. The summed E-state index contributed by atoms with van der Waals surface area (Å²) in [6.45, 7) is 10.9. The highest BCUT2D eigenvalue weighted by Gasteiger charge is 2.25. The van der Waals surface area contributed by atoms with Crippen LogP contribution in [0, 0.1) is 19.8 Å². The van der Waals surface area contributed by atoms with Crippen molar-refractivity contribution >= 4 is 10.9 Å². The molecule has 1 N–H and O–H groups in total. The van der Waals surface area contributed by atoms with E-state index in [2.05, 4.69) is 66.0 Å². The van der Waals surface area contributed by atoms with Crippen LogP contribution in [0.1, 0.15) is 54.8 Å². The van der Waals surface area contributed by atoms with E-state index < -0.39 is 0 Å². The van der Waals surface area contributed by atoms with Gasteiger partial charge in [0.15, 0.2) is 0 Å². The molecule has 0 amide bonds. The first kappa shape index (κ1) is 19.2. The molecule has 0 spiro atoms. The largest absolute Gasteiger partial charge is 0.343 e. The van der Waals surface area contributed by atoms with E-state index in [1.807, 2.05) is 13.1 Å². The quantitative estimate of drug-likeness (QED) is 0.630. The van der Waals surface area contributed by atoms with Crippen LogP contribution in [-0.4, -0.2) is 15.6 Å². The fourth-order valence-corrected chi connectivity index (χ4v) is 4.46. The molecular weight excluding hydrogens is 342 g/mol. The lowest BCUT2D eigenvalue weighted by Gasteiger charge is -2.26. The summed E-state index contributed by atoms with van der Waals surface area (Å²) in [7, 11) is 0. The van der Waals surface area contributed by atoms with Crippen molar-refractivity contribution < 1.29 is 0 Å². The Balaban J connectivity index is 1.63. The third-order valence-corrected chi connectivity index (χ3v) is 6.14. The van der Waals surface area contributed by atoms with Crippen LogP contribution in [0.25, 0.3) is 10.9 Å². The number of aromatic nitrogens is 2. The predicted molar refractivity (Wildman–Crippen MR) is 118 cm³/mol. The van der Waals surface area contributed by atoms with Gasteiger partial charge in [0.2, 0.25) is 0 Å². The Kier molecular flexibility index (Phi) is 5.54. The van der Waals surface area contributed by atoms with Gasteiger partial charge in [-0.2, -0.15) is 0 Å². The first-order valence-corrected chi connectivity index (χ1v) is 10.8. The van der Waals surface area contributed by atoms with E-state index in [-0.39, 0.29) is 0 Å². The summed E-state index contributed by atoms with van der Waals surface area (Å²) >= 11 is 0. The van der Waals surface area contributed by atoms with Crippen LogP contribution >= 0.6 is 0 Å². The number of hydrogen-bond acceptors (Lipinski definition) is 2.